The Kier molecular flexibility index (Phi) is 4.40. The van der Waals surface area contributed by atoms with Crippen molar-refractivity contribution in [2.45, 2.75) is 6.92 Å². The summed E-state index contributed by atoms with van der Waals surface area (Å²) in [4.78, 5) is 5.96. The maximum Gasteiger partial charge on any atom is 0.0931 e. The molecular formula is C11H13BrN2. The number of benzene rings is 1. The fraction of sp³-hybridized carbons (Fsp3) is 0.182. The highest BCUT2D eigenvalue weighted by molar-refractivity contribution is 9.10. The van der Waals surface area contributed by atoms with E-state index in [0.29, 0.717) is 0 Å². The Hall–Kier alpha value is -1.09. The van der Waals surface area contributed by atoms with Crippen LogP contribution in [0.3, 0.4) is 0 Å². The Bertz CT molecular complexity index is 316. The maximum atomic E-state index is 3.99. The topological polar surface area (TPSA) is 15.6 Å². The molecule has 0 aromatic heterocycles. The summed E-state index contributed by atoms with van der Waals surface area (Å²) in [7, 11) is 1.76. The minimum Gasteiger partial charge on any atom is -0.309 e. The van der Waals surface area contributed by atoms with Crippen LogP contribution in [0.1, 0.15) is 6.92 Å². The van der Waals surface area contributed by atoms with Crippen LogP contribution >= 0.6 is 15.9 Å². The predicted molar refractivity (Wildman–Crippen MR) is 65.9 cm³/mol. The van der Waals surface area contributed by atoms with E-state index in [2.05, 4.69) is 20.9 Å². The van der Waals surface area contributed by atoms with Gasteiger partial charge in [0.2, 0.25) is 0 Å². The fourth-order valence-electron chi connectivity index (χ4n) is 1.09. The zero-order valence-corrected chi connectivity index (χ0v) is 9.90. The van der Waals surface area contributed by atoms with E-state index >= 15 is 0 Å². The predicted octanol–water partition coefficient (Wildman–Crippen LogP) is 3.45. The molecule has 0 aliphatic heterocycles. The lowest BCUT2D eigenvalue weighted by atomic mass is 10.3. The zero-order chi connectivity index (χ0) is 10.4. The van der Waals surface area contributed by atoms with E-state index in [0.717, 1.165) is 10.2 Å². The van der Waals surface area contributed by atoms with Gasteiger partial charge in [-0.15, -0.1) is 0 Å². The Balaban J connectivity index is 2.93. The van der Waals surface area contributed by atoms with Gasteiger partial charge in [0, 0.05) is 23.4 Å². The number of halogens is 1. The largest absolute Gasteiger partial charge is 0.309 e. The average molecular weight is 253 g/mol. The molecule has 0 saturated heterocycles. The number of nitrogens with zero attached hydrogens (tertiary/aromatic N) is 2. The van der Waals surface area contributed by atoms with Crippen molar-refractivity contribution in [3.8, 4) is 0 Å². The molecule has 0 heterocycles. The Labute approximate surface area is 93.1 Å². The van der Waals surface area contributed by atoms with E-state index in [1.807, 2.05) is 48.4 Å². The van der Waals surface area contributed by atoms with Crippen molar-refractivity contribution in [2.24, 2.45) is 4.99 Å². The molecule has 0 radical (unpaired) electrons. The Morgan fingerprint density at radius 2 is 1.93 bits per heavy atom. The molecule has 0 saturated carbocycles. The van der Waals surface area contributed by atoms with E-state index < -0.39 is 0 Å². The molecule has 74 valence electrons. The van der Waals surface area contributed by atoms with Crippen LogP contribution in [0.5, 0.6) is 0 Å². The number of anilines is 1. The highest BCUT2D eigenvalue weighted by Gasteiger charge is 1.98. The SMILES string of the molecule is C/C=C\N(/C=N/C)c1ccc(Br)cc1. The molecule has 2 nitrogen and oxygen atoms in total. The smallest absolute Gasteiger partial charge is 0.0931 e. The van der Waals surface area contributed by atoms with Gasteiger partial charge < -0.3 is 4.90 Å². The number of hydrogen-bond acceptors (Lipinski definition) is 1. The first kappa shape index (κ1) is 11.0. The number of rotatable bonds is 3. The van der Waals surface area contributed by atoms with Crippen molar-refractivity contribution < 1.29 is 0 Å². The van der Waals surface area contributed by atoms with Crippen molar-refractivity contribution in [1.29, 1.82) is 0 Å². The van der Waals surface area contributed by atoms with E-state index in [1.54, 1.807) is 13.4 Å². The quantitative estimate of drug-likeness (QED) is 0.595. The molecule has 1 rings (SSSR count). The van der Waals surface area contributed by atoms with Crippen LogP contribution in [-0.4, -0.2) is 13.4 Å². The Morgan fingerprint density at radius 1 is 1.29 bits per heavy atom. The van der Waals surface area contributed by atoms with Crippen LogP contribution in [0.4, 0.5) is 5.69 Å². The van der Waals surface area contributed by atoms with E-state index in [-0.39, 0.29) is 0 Å². The standard InChI is InChI=1S/C11H13BrN2/c1-3-8-14(9-13-2)11-6-4-10(12)5-7-11/h3-9H,1-2H3/b8-3-,13-9+. The third-order valence-corrected chi connectivity index (χ3v) is 2.20. The first-order valence-electron chi connectivity index (χ1n) is 4.37. The molecule has 0 atom stereocenters. The molecule has 0 unspecified atom stereocenters. The molecule has 0 N–H and O–H groups in total. The summed E-state index contributed by atoms with van der Waals surface area (Å²) in [6.45, 7) is 1.98. The minimum atomic E-state index is 1.08. The summed E-state index contributed by atoms with van der Waals surface area (Å²) in [6, 6.07) is 8.09. The van der Waals surface area contributed by atoms with Crippen molar-refractivity contribution in [1.82, 2.24) is 0 Å². The van der Waals surface area contributed by atoms with Crippen LogP contribution in [0.15, 0.2) is 46.0 Å². The molecule has 1 aromatic rings. The summed E-state index contributed by atoms with van der Waals surface area (Å²) in [5, 5.41) is 0. The summed E-state index contributed by atoms with van der Waals surface area (Å²) >= 11 is 3.40. The highest BCUT2D eigenvalue weighted by Crippen LogP contribution is 2.17. The van der Waals surface area contributed by atoms with Crippen LogP contribution in [-0.2, 0) is 0 Å². The van der Waals surface area contributed by atoms with Crippen LogP contribution in [0, 0.1) is 0 Å². The second kappa shape index (κ2) is 5.60. The molecule has 3 heteroatoms. The van der Waals surface area contributed by atoms with Crippen molar-refractivity contribution >= 4 is 28.0 Å². The van der Waals surface area contributed by atoms with E-state index in [9.17, 15) is 0 Å². The van der Waals surface area contributed by atoms with Gasteiger partial charge in [-0.3, -0.25) is 4.99 Å². The van der Waals surface area contributed by atoms with Gasteiger partial charge in [0.1, 0.15) is 0 Å². The third-order valence-electron chi connectivity index (χ3n) is 1.67. The van der Waals surface area contributed by atoms with Crippen LogP contribution in [0.2, 0.25) is 0 Å². The van der Waals surface area contributed by atoms with Gasteiger partial charge in [-0.05, 0) is 31.2 Å². The van der Waals surface area contributed by atoms with Gasteiger partial charge in [0.05, 0.1) is 6.34 Å². The lowest BCUT2D eigenvalue weighted by Crippen LogP contribution is -2.12. The summed E-state index contributed by atoms with van der Waals surface area (Å²) in [5.41, 5.74) is 1.09. The summed E-state index contributed by atoms with van der Waals surface area (Å²) < 4.78 is 1.08. The fourth-order valence-corrected chi connectivity index (χ4v) is 1.35. The lowest BCUT2D eigenvalue weighted by molar-refractivity contribution is 1.32. The van der Waals surface area contributed by atoms with E-state index in [1.165, 1.54) is 0 Å². The maximum absolute atomic E-state index is 3.99. The van der Waals surface area contributed by atoms with Gasteiger partial charge >= 0.3 is 0 Å². The first-order chi connectivity index (χ1) is 6.77. The number of aliphatic imine (C=N–C) groups is 1. The van der Waals surface area contributed by atoms with E-state index in [4.69, 9.17) is 0 Å². The first-order valence-corrected chi connectivity index (χ1v) is 5.16. The number of allylic oxidation sites excluding steroid dienone is 1. The minimum absolute atomic E-state index is 1.08. The van der Waals surface area contributed by atoms with Crippen LogP contribution < -0.4 is 4.90 Å². The second-order valence-corrected chi connectivity index (χ2v) is 3.66. The lowest BCUT2D eigenvalue weighted by Gasteiger charge is -2.13. The average Bonchev–Trinajstić information content (AvgIpc) is 2.19. The highest BCUT2D eigenvalue weighted by atomic mass is 79.9. The molecule has 0 fully saturated rings. The second-order valence-electron chi connectivity index (χ2n) is 2.74. The third kappa shape index (κ3) is 3.00. The molecular weight excluding hydrogens is 240 g/mol. The van der Waals surface area contributed by atoms with Gasteiger partial charge in [-0.25, -0.2) is 0 Å². The van der Waals surface area contributed by atoms with Crippen molar-refractivity contribution in [2.75, 3.05) is 11.9 Å². The van der Waals surface area contributed by atoms with Gasteiger partial charge in [0.25, 0.3) is 0 Å². The van der Waals surface area contributed by atoms with Crippen molar-refractivity contribution in [3.63, 3.8) is 0 Å². The van der Waals surface area contributed by atoms with Gasteiger partial charge in [-0.2, -0.15) is 0 Å². The summed E-state index contributed by atoms with van der Waals surface area (Å²) in [5.74, 6) is 0. The monoisotopic (exact) mass is 252 g/mol. The number of hydrogen-bond donors (Lipinski definition) is 0. The normalized spacial score (nSPS) is 11.4. The van der Waals surface area contributed by atoms with Gasteiger partial charge in [0.15, 0.2) is 0 Å². The zero-order valence-electron chi connectivity index (χ0n) is 8.31. The molecule has 0 aliphatic rings. The molecule has 0 aliphatic carbocycles. The molecule has 14 heavy (non-hydrogen) atoms. The van der Waals surface area contributed by atoms with Gasteiger partial charge in [-0.1, -0.05) is 22.0 Å². The molecule has 0 bridgehead atoms. The Morgan fingerprint density at radius 3 is 2.43 bits per heavy atom. The molecule has 1 aromatic carbocycles. The molecule has 0 amide bonds. The summed E-state index contributed by atoms with van der Waals surface area (Å²) in [6.07, 6.45) is 5.73. The van der Waals surface area contributed by atoms with Crippen LogP contribution in [0.25, 0.3) is 0 Å². The molecule has 0 spiro atoms. The van der Waals surface area contributed by atoms with Crippen molar-refractivity contribution in [3.05, 3.63) is 41.0 Å².